The number of carbonyl (C=O) groups excluding carboxylic acids is 3. The van der Waals surface area contributed by atoms with Crippen LogP contribution in [0.2, 0.25) is 0 Å². The maximum Gasteiger partial charge on any atom is 0.325 e. The Morgan fingerprint density at radius 1 is 0.939 bits per heavy atom. The van der Waals surface area contributed by atoms with Crippen molar-refractivity contribution in [1.82, 2.24) is 10.2 Å². The van der Waals surface area contributed by atoms with Gasteiger partial charge in [-0.05, 0) is 36.1 Å². The summed E-state index contributed by atoms with van der Waals surface area (Å²) < 4.78 is 0. The molecule has 2 aliphatic heterocycles. The summed E-state index contributed by atoms with van der Waals surface area (Å²) in [6, 6.07) is 26.0. The molecule has 33 heavy (non-hydrogen) atoms. The van der Waals surface area contributed by atoms with Gasteiger partial charge in [-0.2, -0.15) is 0 Å². The Kier molecular flexibility index (Phi) is 5.21. The van der Waals surface area contributed by atoms with Crippen molar-refractivity contribution in [3.05, 3.63) is 102 Å². The molecule has 0 bridgehead atoms. The molecule has 2 atom stereocenters. The van der Waals surface area contributed by atoms with Crippen LogP contribution in [0.3, 0.4) is 0 Å². The van der Waals surface area contributed by atoms with E-state index < -0.39 is 17.5 Å². The lowest BCUT2D eigenvalue weighted by Crippen LogP contribution is -2.48. The molecule has 1 saturated heterocycles. The van der Waals surface area contributed by atoms with Gasteiger partial charge in [-0.3, -0.25) is 14.5 Å². The third-order valence-corrected chi connectivity index (χ3v) is 6.52. The minimum Gasteiger partial charge on any atom is -0.319 e. The van der Waals surface area contributed by atoms with Crippen molar-refractivity contribution in [3.8, 4) is 0 Å². The molecule has 1 fully saturated rings. The minimum atomic E-state index is -1.26. The van der Waals surface area contributed by atoms with Gasteiger partial charge in [0, 0.05) is 18.2 Å². The van der Waals surface area contributed by atoms with Crippen molar-refractivity contribution >= 4 is 23.5 Å². The third kappa shape index (κ3) is 3.57. The van der Waals surface area contributed by atoms with E-state index in [0.717, 1.165) is 28.1 Å². The highest BCUT2D eigenvalue weighted by Crippen LogP contribution is 2.35. The number of para-hydroxylation sites is 1. The number of nitrogens with zero attached hydrogens (tertiary/aromatic N) is 2. The monoisotopic (exact) mass is 439 g/mol. The number of rotatable bonds is 5. The number of carbonyl (C=O) groups is 3. The fraction of sp³-hybridized carbons (Fsp3) is 0.222. The summed E-state index contributed by atoms with van der Waals surface area (Å²) in [5.74, 6) is -0.671. The van der Waals surface area contributed by atoms with Crippen molar-refractivity contribution in [2.75, 3.05) is 11.4 Å². The minimum absolute atomic E-state index is 0.0288. The van der Waals surface area contributed by atoms with E-state index in [0.29, 0.717) is 12.0 Å². The zero-order valence-electron chi connectivity index (χ0n) is 18.4. The number of hydrogen-bond donors (Lipinski definition) is 1. The number of benzene rings is 3. The van der Waals surface area contributed by atoms with Crippen LogP contribution < -0.4 is 10.2 Å². The molecule has 3 aromatic carbocycles. The Hall–Kier alpha value is -3.93. The van der Waals surface area contributed by atoms with Crippen molar-refractivity contribution in [2.24, 2.45) is 0 Å². The van der Waals surface area contributed by atoms with Crippen LogP contribution in [-0.2, 0) is 28.0 Å². The lowest BCUT2D eigenvalue weighted by Gasteiger charge is -2.28. The molecule has 166 valence electrons. The van der Waals surface area contributed by atoms with Gasteiger partial charge in [0.1, 0.15) is 6.54 Å². The highest BCUT2D eigenvalue weighted by atomic mass is 16.2. The predicted octanol–water partition coefficient (Wildman–Crippen LogP) is 3.65. The number of imide groups is 1. The van der Waals surface area contributed by atoms with Gasteiger partial charge in [-0.1, -0.05) is 78.9 Å². The molecule has 0 aromatic heterocycles. The van der Waals surface area contributed by atoms with E-state index in [1.54, 1.807) is 4.90 Å². The summed E-state index contributed by atoms with van der Waals surface area (Å²) in [5, 5.41) is 2.93. The van der Waals surface area contributed by atoms with E-state index >= 15 is 0 Å². The molecule has 4 amide bonds. The first kappa shape index (κ1) is 20.9. The van der Waals surface area contributed by atoms with Gasteiger partial charge in [-0.25, -0.2) is 4.79 Å². The van der Waals surface area contributed by atoms with E-state index in [2.05, 4.69) is 5.32 Å². The number of amides is 4. The molecule has 6 nitrogen and oxygen atoms in total. The first-order valence-corrected chi connectivity index (χ1v) is 11.1. The maximum absolute atomic E-state index is 13.8. The average Bonchev–Trinajstić information content (AvgIpc) is 3.29. The average molecular weight is 440 g/mol. The SMILES string of the molecule is CC1Cc2ccccc2N1C(=O)CN1C(=O)NC(Cc2ccccc2)(c2ccccc2)C1=O. The highest BCUT2D eigenvalue weighted by Gasteiger charge is 2.53. The first-order chi connectivity index (χ1) is 16.0. The van der Waals surface area contributed by atoms with Crippen LogP contribution in [0.15, 0.2) is 84.9 Å². The molecular formula is C27H25N3O3. The largest absolute Gasteiger partial charge is 0.325 e. The van der Waals surface area contributed by atoms with Crippen LogP contribution in [-0.4, -0.2) is 35.3 Å². The number of urea groups is 1. The Morgan fingerprint density at radius 2 is 1.58 bits per heavy atom. The van der Waals surface area contributed by atoms with Gasteiger partial charge in [-0.15, -0.1) is 0 Å². The zero-order valence-corrected chi connectivity index (χ0v) is 18.4. The van der Waals surface area contributed by atoms with Gasteiger partial charge in [0.2, 0.25) is 5.91 Å². The lowest BCUT2D eigenvalue weighted by molar-refractivity contribution is -0.134. The molecule has 0 aliphatic carbocycles. The molecule has 3 aromatic rings. The van der Waals surface area contributed by atoms with Gasteiger partial charge in [0.15, 0.2) is 5.54 Å². The summed E-state index contributed by atoms with van der Waals surface area (Å²) in [6.45, 7) is 1.68. The number of fused-ring (bicyclic) bond motifs is 1. The highest BCUT2D eigenvalue weighted by molar-refractivity contribution is 6.11. The van der Waals surface area contributed by atoms with Gasteiger partial charge >= 0.3 is 6.03 Å². The maximum atomic E-state index is 13.8. The first-order valence-electron chi connectivity index (χ1n) is 11.1. The van der Waals surface area contributed by atoms with Crippen LogP contribution in [0.4, 0.5) is 10.5 Å². The molecule has 5 rings (SSSR count). The Bertz CT molecular complexity index is 1210. The Balaban J connectivity index is 1.46. The van der Waals surface area contributed by atoms with Gasteiger partial charge < -0.3 is 10.2 Å². The molecule has 1 N–H and O–H groups in total. The number of hydrogen-bond acceptors (Lipinski definition) is 3. The third-order valence-electron chi connectivity index (χ3n) is 6.52. The topological polar surface area (TPSA) is 69.7 Å². The van der Waals surface area contributed by atoms with E-state index in [4.69, 9.17) is 0 Å². The van der Waals surface area contributed by atoms with E-state index in [-0.39, 0.29) is 18.5 Å². The van der Waals surface area contributed by atoms with Crippen LogP contribution in [0.1, 0.15) is 23.6 Å². The molecule has 0 radical (unpaired) electrons. The molecule has 2 heterocycles. The van der Waals surface area contributed by atoms with E-state index in [9.17, 15) is 14.4 Å². The summed E-state index contributed by atoms with van der Waals surface area (Å²) in [4.78, 5) is 42.9. The second kappa shape index (κ2) is 8.20. The Labute approximate surface area is 192 Å². The van der Waals surface area contributed by atoms with Crippen molar-refractivity contribution in [1.29, 1.82) is 0 Å². The summed E-state index contributed by atoms with van der Waals surface area (Å²) >= 11 is 0. The molecule has 6 heteroatoms. The second-order valence-corrected chi connectivity index (χ2v) is 8.70. The van der Waals surface area contributed by atoms with Gasteiger partial charge in [0.25, 0.3) is 5.91 Å². The van der Waals surface area contributed by atoms with Crippen molar-refractivity contribution < 1.29 is 14.4 Å². The molecule has 2 unspecified atom stereocenters. The summed E-state index contributed by atoms with van der Waals surface area (Å²) in [6.07, 6.45) is 1.06. The summed E-state index contributed by atoms with van der Waals surface area (Å²) in [5.41, 5.74) is 2.31. The summed E-state index contributed by atoms with van der Waals surface area (Å²) in [7, 11) is 0. The normalized spacial score (nSPS) is 21.8. The van der Waals surface area contributed by atoms with Crippen molar-refractivity contribution in [2.45, 2.75) is 31.3 Å². The van der Waals surface area contributed by atoms with Crippen LogP contribution >= 0.6 is 0 Å². The van der Waals surface area contributed by atoms with E-state index in [1.165, 1.54) is 0 Å². The van der Waals surface area contributed by atoms with Crippen LogP contribution in [0.5, 0.6) is 0 Å². The van der Waals surface area contributed by atoms with Crippen molar-refractivity contribution in [3.63, 3.8) is 0 Å². The predicted molar refractivity (Wildman–Crippen MR) is 126 cm³/mol. The fourth-order valence-electron chi connectivity index (χ4n) is 4.97. The molecule has 0 spiro atoms. The second-order valence-electron chi connectivity index (χ2n) is 8.70. The van der Waals surface area contributed by atoms with E-state index in [1.807, 2.05) is 91.9 Å². The fourth-order valence-corrected chi connectivity index (χ4v) is 4.97. The quantitative estimate of drug-likeness (QED) is 0.617. The number of nitrogens with one attached hydrogen (secondary N) is 1. The Morgan fingerprint density at radius 3 is 2.30 bits per heavy atom. The van der Waals surface area contributed by atoms with Crippen LogP contribution in [0.25, 0.3) is 0 Å². The van der Waals surface area contributed by atoms with Crippen LogP contribution in [0, 0.1) is 0 Å². The molecule has 2 aliphatic rings. The smallest absolute Gasteiger partial charge is 0.319 e. The van der Waals surface area contributed by atoms with Gasteiger partial charge in [0.05, 0.1) is 0 Å². The molecular weight excluding hydrogens is 414 g/mol. The standard InChI is InChI=1S/C27H25N3O3/c1-19-16-21-12-8-9-15-23(21)30(19)24(31)18-29-25(32)27(28-26(29)33,22-13-6-3-7-14-22)17-20-10-4-2-5-11-20/h2-15,19H,16-18H2,1H3,(H,28,33). The lowest BCUT2D eigenvalue weighted by atomic mass is 9.83. The number of anilines is 1. The molecule has 0 saturated carbocycles. The zero-order chi connectivity index (χ0) is 23.0.